The van der Waals surface area contributed by atoms with E-state index < -0.39 is 22.9 Å². The van der Waals surface area contributed by atoms with Gasteiger partial charge in [0.15, 0.2) is 0 Å². The van der Waals surface area contributed by atoms with Crippen molar-refractivity contribution in [2.45, 2.75) is 26.4 Å². The molecule has 3 aromatic rings. The summed E-state index contributed by atoms with van der Waals surface area (Å²) < 4.78 is 15.8. The van der Waals surface area contributed by atoms with Crippen LogP contribution in [0.3, 0.4) is 0 Å². The van der Waals surface area contributed by atoms with Crippen LogP contribution >= 0.6 is 11.8 Å². The molecular formula is C23H20FN3O3S. The van der Waals surface area contributed by atoms with Gasteiger partial charge in [0.1, 0.15) is 12.4 Å². The van der Waals surface area contributed by atoms with Crippen LogP contribution in [0, 0.1) is 5.82 Å². The van der Waals surface area contributed by atoms with Gasteiger partial charge in [-0.2, -0.15) is 0 Å². The molecule has 0 aliphatic carbocycles. The van der Waals surface area contributed by atoms with E-state index in [1.54, 1.807) is 35.0 Å². The van der Waals surface area contributed by atoms with E-state index in [0.29, 0.717) is 5.56 Å². The van der Waals surface area contributed by atoms with Crippen LogP contribution in [-0.2, 0) is 29.1 Å². The maximum absolute atomic E-state index is 14.0. The summed E-state index contributed by atoms with van der Waals surface area (Å²) in [7, 11) is 0. The van der Waals surface area contributed by atoms with E-state index in [0.717, 1.165) is 39.5 Å². The molecule has 6 nitrogen and oxygen atoms in total. The number of aromatic nitrogens is 1. The highest BCUT2D eigenvalue weighted by Gasteiger charge is 2.35. The number of halogens is 1. The summed E-state index contributed by atoms with van der Waals surface area (Å²) in [6.45, 7) is 1.90. The highest BCUT2D eigenvalue weighted by molar-refractivity contribution is 8.18. The molecule has 0 saturated carbocycles. The third-order valence-electron chi connectivity index (χ3n) is 5.17. The largest absolute Gasteiger partial charge is 0.368 e. The van der Waals surface area contributed by atoms with Gasteiger partial charge < -0.3 is 10.3 Å². The zero-order valence-electron chi connectivity index (χ0n) is 16.8. The summed E-state index contributed by atoms with van der Waals surface area (Å²) in [5.74, 6) is -1.41. The van der Waals surface area contributed by atoms with Crippen LogP contribution < -0.4 is 5.73 Å². The van der Waals surface area contributed by atoms with E-state index in [-0.39, 0.29) is 23.6 Å². The van der Waals surface area contributed by atoms with Gasteiger partial charge >= 0.3 is 0 Å². The van der Waals surface area contributed by atoms with Crippen LogP contribution in [0.5, 0.6) is 0 Å². The molecule has 0 unspecified atom stereocenters. The number of benzene rings is 2. The van der Waals surface area contributed by atoms with Gasteiger partial charge in [0.2, 0.25) is 5.91 Å². The number of nitrogens with two attached hydrogens (primary N) is 1. The standard InChI is InChI=1S/C23H20FN3O3S/c1-2-14-7-5-8-17-16(11-26(21(14)17)13-20(25)28)10-19-22(29)27(23(30)31-19)12-15-6-3-4-9-18(15)24/h3-11H,2,12-13H2,1H3,(H2,25,28)/b19-10-. The number of hydrogen-bond donors (Lipinski definition) is 1. The number of rotatable bonds is 6. The first-order chi connectivity index (χ1) is 14.9. The number of primary amides is 1. The number of thioether (sulfide) groups is 1. The topological polar surface area (TPSA) is 85.4 Å². The molecule has 0 bridgehead atoms. The van der Waals surface area contributed by atoms with Crippen molar-refractivity contribution >= 4 is 45.8 Å². The summed E-state index contributed by atoms with van der Waals surface area (Å²) in [6, 6.07) is 11.9. The van der Waals surface area contributed by atoms with Gasteiger partial charge in [-0.15, -0.1) is 0 Å². The van der Waals surface area contributed by atoms with Crippen molar-refractivity contribution in [3.63, 3.8) is 0 Å². The third kappa shape index (κ3) is 3.98. The zero-order chi connectivity index (χ0) is 22.1. The first kappa shape index (κ1) is 20.9. The van der Waals surface area contributed by atoms with Gasteiger partial charge in [0.25, 0.3) is 11.1 Å². The maximum atomic E-state index is 14.0. The lowest BCUT2D eigenvalue weighted by Gasteiger charge is -2.12. The fraction of sp³-hybridized carbons (Fsp3) is 0.174. The second kappa shape index (κ2) is 8.39. The number of hydrogen-bond acceptors (Lipinski definition) is 4. The second-order valence-corrected chi connectivity index (χ2v) is 8.20. The molecule has 2 aromatic carbocycles. The number of carbonyl (C=O) groups is 3. The number of fused-ring (bicyclic) bond motifs is 1. The molecule has 0 spiro atoms. The molecule has 1 aliphatic heterocycles. The number of amides is 3. The Morgan fingerprint density at radius 1 is 1.13 bits per heavy atom. The van der Waals surface area contributed by atoms with E-state index in [9.17, 15) is 18.8 Å². The molecule has 1 aromatic heterocycles. The highest BCUT2D eigenvalue weighted by atomic mass is 32.2. The van der Waals surface area contributed by atoms with Gasteiger partial charge in [0, 0.05) is 22.7 Å². The minimum atomic E-state index is -0.473. The molecule has 3 amide bonds. The minimum absolute atomic E-state index is 0.0100. The van der Waals surface area contributed by atoms with Crippen molar-refractivity contribution in [1.29, 1.82) is 0 Å². The van der Waals surface area contributed by atoms with Crippen molar-refractivity contribution in [2.24, 2.45) is 5.73 Å². The Labute approximate surface area is 182 Å². The molecule has 2 N–H and O–H groups in total. The smallest absolute Gasteiger partial charge is 0.293 e. The lowest BCUT2D eigenvalue weighted by Crippen LogP contribution is -2.27. The van der Waals surface area contributed by atoms with Gasteiger partial charge in [-0.3, -0.25) is 19.3 Å². The van der Waals surface area contributed by atoms with Crippen molar-refractivity contribution < 1.29 is 18.8 Å². The molecule has 1 saturated heterocycles. The predicted molar refractivity (Wildman–Crippen MR) is 118 cm³/mol. The molecular weight excluding hydrogens is 417 g/mol. The van der Waals surface area contributed by atoms with Crippen LogP contribution in [-0.4, -0.2) is 26.5 Å². The van der Waals surface area contributed by atoms with Crippen LogP contribution in [0.1, 0.15) is 23.6 Å². The highest BCUT2D eigenvalue weighted by Crippen LogP contribution is 2.35. The molecule has 158 valence electrons. The summed E-state index contributed by atoms with van der Waals surface area (Å²) in [5, 5.41) is 0.413. The van der Waals surface area contributed by atoms with Gasteiger partial charge in [0.05, 0.1) is 17.0 Å². The summed E-state index contributed by atoms with van der Waals surface area (Å²) in [4.78, 5) is 38.2. The number of nitrogens with zero attached hydrogens (tertiary/aromatic N) is 2. The molecule has 1 fully saturated rings. The van der Waals surface area contributed by atoms with Gasteiger partial charge in [-0.1, -0.05) is 43.3 Å². The Hall–Kier alpha value is -3.39. The first-order valence-corrected chi connectivity index (χ1v) is 10.6. The van der Waals surface area contributed by atoms with Gasteiger partial charge in [-0.25, -0.2) is 4.39 Å². The van der Waals surface area contributed by atoms with E-state index in [4.69, 9.17) is 5.73 Å². The van der Waals surface area contributed by atoms with Crippen LogP contribution in [0.2, 0.25) is 0 Å². The second-order valence-electron chi connectivity index (χ2n) is 7.20. The Kier molecular flexibility index (Phi) is 5.65. The average molecular weight is 437 g/mol. The quantitative estimate of drug-likeness (QED) is 0.589. The van der Waals surface area contributed by atoms with E-state index >= 15 is 0 Å². The number of carbonyl (C=O) groups excluding carboxylic acids is 3. The normalized spacial score (nSPS) is 15.4. The fourth-order valence-corrected chi connectivity index (χ4v) is 4.56. The van der Waals surface area contributed by atoms with Crippen molar-refractivity contribution in [1.82, 2.24) is 9.47 Å². The summed E-state index contributed by atoms with van der Waals surface area (Å²) >= 11 is 0.819. The molecule has 4 rings (SSSR count). The Morgan fingerprint density at radius 3 is 2.58 bits per heavy atom. The Balaban J connectivity index is 1.72. The molecule has 1 aliphatic rings. The van der Waals surface area contributed by atoms with Crippen molar-refractivity contribution in [2.75, 3.05) is 0 Å². The lowest BCUT2D eigenvalue weighted by atomic mass is 10.1. The summed E-state index contributed by atoms with van der Waals surface area (Å²) in [5.41, 5.74) is 8.32. The first-order valence-electron chi connectivity index (χ1n) is 9.76. The van der Waals surface area contributed by atoms with Crippen LogP contribution in [0.25, 0.3) is 17.0 Å². The molecule has 0 atom stereocenters. The lowest BCUT2D eigenvalue weighted by molar-refractivity contribution is -0.123. The Bertz CT molecular complexity index is 1250. The maximum Gasteiger partial charge on any atom is 0.293 e. The third-order valence-corrected chi connectivity index (χ3v) is 6.07. The fourth-order valence-electron chi connectivity index (χ4n) is 3.73. The molecule has 2 heterocycles. The monoisotopic (exact) mass is 437 g/mol. The SMILES string of the molecule is CCc1cccc2c(/C=C3\SC(=O)N(Cc4ccccc4F)C3=O)cn(CC(N)=O)c12. The van der Waals surface area contributed by atoms with E-state index in [1.165, 1.54) is 6.07 Å². The van der Waals surface area contributed by atoms with E-state index in [2.05, 4.69) is 0 Å². The zero-order valence-corrected chi connectivity index (χ0v) is 17.6. The predicted octanol–water partition coefficient (Wildman–Crippen LogP) is 4.06. The number of aryl methyl sites for hydroxylation is 1. The van der Waals surface area contributed by atoms with Crippen molar-refractivity contribution in [3.05, 3.63) is 76.1 Å². The van der Waals surface area contributed by atoms with Crippen LogP contribution in [0.4, 0.5) is 9.18 Å². The molecule has 0 radical (unpaired) electrons. The Morgan fingerprint density at radius 2 is 1.87 bits per heavy atom. The van der Waals surface area contributed by atoms with Gasteiger partial charge in [-0.05, 0) is 35.9 Å². The molecule has 8 heteroatoms. The molecule has 31 heavy (non-hydrogen) atoms. The van der Waals surface area contributed by atoms with Crippen LogP contribution in [0.15, 0.2) is 53.6 Å². The number of para-hydroxylation sites is 1. The average Bonchev–Trinajstić information content (AvgIpc) is 3.21. The van der Waals surface area contributed by atoms with Crippen molar-refractivity contribution in [3.8, 4) is 0 Å². The number of imide groups is 1. The summed E-state index contributed by atoms with van der Waals surface area (Å²) in [6.07, 6.45) is 4.17. The van der Waals surface area contributed by atoms with E-state index in [1.807, 2.05) is 25.1 Å². The minimum Gasteiger partial charge on any atom is -0.368 e.